The summed E-state index contributed by atoms with van der Waals surface area (Å²) >= 11 is 1.53. The smallest absolute Gasteiger partial charge is 0.229 e. The highest BCUT2D eigenvalue weighted by molar-refractivity contribution is 7.14. The van der Waals surface area contributed by atoms with Crippen molar-refractivity contribution in [1.82, 2.24) is 9.97 Å². The van der Waals surface area contributed by atoms with Gasteiger partial charge in [-0.3, -0.25) is 4.79 Å². The summed E-state index contributed by atoms with van der Waals surface area (Å²) < 4.78 is 0. The minimum Gasteiger partial charge on any atom is -0.326 e. The molecular formula is C19H20N4OS. The van der Waals surface area contributed by atoms with Gasteiger partial charge in [-0.2, -0.15) is 0 Å². The number of nitrogens with zero attached hydrogens (tertiary/aromatic N) is 2. The molecule has 0 aliphatic heterocycles. The molecule has 0 saturated heterocycles. The lowest BCUT2D eigenvalue weighted by atomic mass is 9.95. The van der Waals surface area contributed by atoms with Gasteiger partial charge in [-0.1, -0.05) is 39.0 Å². The fourth-order valence-corrected chi connectivity index (χ4v) is 2.78. The Hall–Kier alpha value is -2.73. The molecule has 0 saturated carbocycles. The standard InChI is InChI=1S/C19H20N4OS/c1-19(2,3)17(24)21-14-9-7-13(8-10-14)15-12-25-18(22-15)23-16-6-4-5-11-20-16/h4-12H,1-3H3,(H,21,24)(H,20,22,23). The van der Waals surface area contributed by atoms with Crippen molar-refractivity contribution in [3.8, 4) is 11.3 Å². The number of hydrogen-bond acceptors (Lipinski definition) is 5. The zero-order chi connectivity index (χ0) is 17.9. The van der Waals surface area contributed by atoms with Gasteiger partial charge in [0.1, 0.15) is 5.82 Å². The van der Waals surface area contributed by atoms with Gasteiger partial charge in [0.25, 0.3) is 0 Å². The Morgan fingerprint density at radius 1 is 1.08 bits per heavy atom. The lowest BCUT2D eigenvalue weighted by molar-refractivity contribution is -0.123. The fraction of sp³-hybridized carbons (Fsp3) is 0.211. The number of carbonyl (C=O) groups excluding carboxylic acids is 1. The van der Waals surface area contributed by atoms with Crippen molar-refractivity contribution in [3.05, 3.63) is 54.0 Å². The van der Waals surface area contributed by atoms with E-state index in [4.69, 9.17) is 0 Å². The van der Waals surface area contributed by atoms with E-state index in [0.29, 0.717) is 0 Å². The largest absolute Gasteiger partial charge is 0.326 e. The second-order valence-electron chi connectivity index (χ2n) is 6.66. The number of rotatable bonds is 4. The van der Waals surface area contributed by atoms with Gasteiger partial charge in [0.05, 0.1) is 5.69 Å². The highest BCUT2D eigenvalue weighted by Gasteiger charge is 2.21. The van der Waals surface area contributed by atoms with E-state index in [2.05, 4.69) is 20.6 Å². The predicted octanol–water partition coefficient (Wildman–Crippen LogP) is 4.93. The van der Waals surface area contributed by atoms with Gasteiger partial charge in [-0.15, -0.1) is 11.3 Å². The van der Waals surface area contributed by atoms with Gasteiger partial charge in [0.2, 0.25) is 5.91 Å². The summed E-state index contributed by atoms with van der Waals surface area (Å²) in [6.45, 7) is 5.67. The summed E-state index contributed by atoms with van der Waals surface area (Å²) in [5.74, 6) is 0.763. The molecule has 0 unspecified atom stereocenters. The average molecular weight is 352 g/mol. The summed E-state index contributed by atoms with van der Waals surface area (Å²) in [4.78, 5) is 20.8. The Balaban J connectivity index is 1.70. The van der Waals surface area contributed by atoms with E-state index in [-0.39, 0.29) is 5.91 Å². The second kappa shape index (κ2) is 7.03. The van der Waals surface area contributed by atoms with Crippen LogP contribution < -0.4 is 10.6 Å². The van der Waals surface area contributed by atoms with E-state index in [1.165, 1.54) is 11.3 Å². The predicted molar refractivity (Wildman–Crippen MR) is 103 cm³/mol. The molecular weight excluding hydrogens is 332 g/mol. The van der Waals surface area contributed by atoms with Gasteiger partial charge in [0.15, 0.2) is 5.13 Å². The van der Waals surface area contributed by atoms with Crippen LogP contribution in [0.25, 0.3) is 11.3 Å². The molecule has 0 aliphatic carbocycles. The third-order valence-electron chi connectivity index (χ3n) is 3.52. The van der Waals surface area contributed by atoms with Crippen molar-refractivity contribution in [2.45, 2.75) is 20.8 Å². The molecule has 3 rings (SSSR count). The first kappa shape index (κ1) is 17.1. The van der Waals surface area contributed by atoms with Crippen molar-refractivity contribution in [2.75, 3.05) is 10.6 Å². The fourth-order valence-electron chi connectivity index (χ4n) is 2.05. The molecule has 128 valence electrons. The van der Waals surface area contributed by atoms with Crippen molar-refractivity contribution in [3.63, 3.8) is 0 Å². The maximum Gasteiger partial charge on any atom is 0.229 e. The maximum atomic E-state index is 12.0. The van der Waals surface area contributed by atoms with Crippen molar-refractivity contribution in [2.24, 2.45) is 5.41 Å². The van der Waals surface area contributed by atoms with Crippen molar-refractivity contribution in [1.29, 1.82) is 0 Å². The number of amides is 1. The molecule has 25 heavy (non-hydrogen) atoms. The van der Waals surface area contributed by atoms with E-state index >= 15 is 0 Å². The molecule has 3 aromatic rings. The SMILES string of the molecule is CC(C)(C)C(=O)Nc1ccc(-c2csc(Nc3ccccn3)n2)cc1. The Labute approximate surface area is 151 Å². The normalized spacial score (nSPS) is 11.2. The summed E-state index contributed by atoms with van der Waals surface area (Å²) in [7, 11) is 0. The number of carbonyl (C=O) groups is 1. The summed E-state index contributed by atoms with van der Waals surface area (Å²) in [5.41, 5.74) is 2.25. The van der Waals surface area contributed by atoms with E-state index in [9.17, 15) is 4.79 Å². The molecule has 6 heteroatoms. The molecule has 2 aromatic heterocycles. The van der Waals surface area contributed by atoms with Crippen LogP contribution in [0.4, 0.5) is 16.6 Å². The molecule has 2 heterocycles. The van der Waals surface area contributed by atoms with E-state index in [1.807, 2.05) is 68.6 Å². The number of aromatic nitrogens is 2. The summed E-state index contributed by atoms with van der Waals surface area (Å²) in [6.07, 6.45) is 1.74. The van der Waals surface area contributed by atoms with Crippen LogP contribution in [0, 0.1) is 5.41 Å². The van der Waals surface area contributed by atoms with Crippen molar-refractivity contribution >= 4 is 33.9 Å². The summed E-state index contributed by atoms with van der Waals surface area (Å²) in [6, 6.07) is 13.4. The van der Waals surface area contributed by atoms with Crippen LogP contribution in [0.5, 0.6) is 0 Å². The Bertz CT molecular complexity index is 851. The highest BCUT2D eigenvalue weighted by atomic mass is 32.1. The number of thiazole rings is 1. The third-order valence-corrected chi connectivity index (χ3v) is 4.28. The maximum absolute atomic E-state index is 12.0. The number of pyridine rings is 1. The van der Waals surface area contributed by atoms with E-state index in [1.54, 1.807) is 6.20 Å². The van der Waals surface area contributed by atoms with Crippen LogP contribution in [0.3, 0.4) is 0 Å². The molecule has 1 aromatic carbocycles. The van der Waals surface area contributed by atoms with Crippen LogP contribution in [0.15, 0.2) is 54.0 Å². The zero-order valence-electron chi connectivity index (χ0n) is 14.4. The van der Waals surface area contributed by atoms with Crippen LogP contribution in [0.1, 0.15) is 20.8 Å². The van der Waals surface area contributed by atoms with Gasteiger partial charge in [-0.05, 0) is 24.3 Å². The first-order valence-electron chi connectivity index (χ1n) is 7.97. The second-order valence-corrected chi connectivity index (χ2v) is 7.52. The third kappa shape index (κ3) is 4.42. The number of anilines is 3. The monoisotopic (exact) mass is 352 g/mol. The van der Waals surface area contributed by atoms with Gasteiger partial charge < -0.3 is 10.6 Å². The van der Waals surface area contributed by atoms with E-state index < -0.39 is 5.41 Å². The number of hydrogen-bond donors (Lipinski definition) is 2. The Kier molecular flexibility index (Phi) is 4.81. The molecule has 1 amide bonds. The lowest BCUT2D eigenvalue weighted by Crippen LogP contribution is -2.27. The molecule has 0 spiro atoms. The first-order valence-corrected chi connectivity index (χ1v) is 8.85. The molecule has 5 nitrogen and oxygen atoms in total. The molecule has 2 N–H and O–H groups in total. The zero-order valence-corrected chi connectivity index (χ0v) is 15.2. The average Bonchev–Trinajstić information content (AvgIpc) is 3.04. The topological polar surface area (TPSA) is 66.9 Å². The minimum atomic E-state index is -0.417. The minimum absolute atomic E-state index is 0.00393. The molecule has 0 bridgehead atoms. The Morgan fingerprint density at radius 3 is 2.48 bits per heavy atom. The van der Waals surface area contributed by atoms with Crippen LogP contribution in [-0.2, 0) is 4.79 Å². The summed E-state index contributed by atoms with van der Waals surface area (Å²) in [5, 5.41) is 8.89. The Morgan fingerprint density at radius 2 is 1.84 bits per heavy atom. The molecule has 0 radical (unpaired) electrons. The van der Waals surface area contributed by atoms with Crippen LogP contribution in [-0.4, -0.2) is 15.9 Å². The number of benzene rings is 1. The molecule has 0 atom stereocenters. The quantitative estimate of drug-likeness (QED) is 0.698. The van der Waals surface area contributed by atoms with Gasteiger partial charge in [-0.25, -0.2) is 9.97 Å². The number of nitrogens with one attached hydrogen (secondary N) is 2. The van der Waals surface area contributed by atoms with Gasteiger partial charge in [0, 0.05) is 28.2 Å². The highest BCUT2D eigenvalue weighted by Crippen LogP contribution is 2.27. The van der Waals surface area contributed by atoms with Crippen molar-refractivity contribution < 1.29 is 4.79 Å². The van der Waals surface area contributed by atoms with Crippen LogP contribution in [0.2, 0.25) is 0 Å². The van der Waals surface area contributed by atoms with Gasteiger partial charge >= 0.3 is 0 Å². The lowest BCUT2D eigenvalue weighted by Gasteiger charge is -2.17. The van der Waals surface area contributed by atoms with E-state index in [0.717, 1.165) is 27.9 Å². The molecule has 0 aliphatic rings. The molecule has 0 fully saturated rings. The van der Waals surface area contributed by atoms with Crippen LogP contribution >= 0.6 is 11.3 Å². The first-order chi connectivity index (χ1) is 11.9.